The van der Waals surface area contributed by atoms with E-state index in [1.165, 1.54) is 0 Å². The van der Waals surface area contributed by atoms with Gasteiger partial charge in [0.05, 0.1) is 5.57 Å². The van der Waals surface area contributed by atoms with Crippen molar-refractivity contribution < 1.29 is 9.90 Å². The van der Waals surface area contributed by atoms with Gasteiger partial charge in [0.2, 0.25) is 0 Å². The standard InChI is InChI=1S/C8H11NO2.C2H6/c1-9-8(11)6-4-2-3-5-7(6)10;1-2/h4-5,10H,2-3H2,1H3,(H,9,11);1-2H3. The van der Waals surface area contributed by atoms with Crippen molar-refractivity contribution in [1.29, 1.82) is 0 Å². The molecule has 1 aliphatic carbocycles. The highest BCUT2D eigenvalue weighted by molar-refractivity contribution is 5.97. The zero-order chi connectivity index (χ0) is 10.3. The molecule has 0 aliphatic heterocycles. The number of rotatable bonds is 1. The van der Waals surface area contributed by atoms with Crippen LogP contribution in [0.1, 0.15) is 26.7 Å². The van der Waals surface area contributed by atoms with Crippen LogP contribution in [0.5, 0.6) is 0 Å². The molecule has 1 rings (SSSR count). The molecule has 3 heteroatoms. The van der Waals surface area contributed by atoms with Gasteiger partial charge in [0.15, 0.2) is 0 Å². The fraction of sp³-hybridized carbons (Fsp3) is 0.500. The second kappa shape index (κ2) is 6.29. The summed E-state index contributed by atoms with van der Waals surface area (Å²) in [5.41, 5.74) is 0.388. The quantitative estimate of drug-likeness (QED) is 0.652. The number of nitrogens with one attached hydrogen (secondary N) is 1. The van der Waals surface area contributed by atoms with Gasteiger partial charge in [-0.05, 0) is 18.9 Å². The monoisotopic (exact) mass is 183 g/mol. The lowest BCUT2D eigenvalue weighted by Gasteiger charge is -2.08. The van der Waals surface area contributed by atoms with Crippen LogP contribution >= 0.6 is 0 Å². The molecule has 13 heavy (non-hydrogen) atoms. The number of hydrogen-bond donors (Lipinski definition) is 2. The van der Waals surface area contributed by atoms with Crippen molar-refractivity contribution in [2.24, 2.45) is 0 Å². The van der Waals surface area contributed by atoms with E-state index >= 15 is 0 Å². The first-order valence-electron chi connectivity index (χ1n) is 4.57. The Bertz CT molecular complexity index is 229. The number of carbonyl (C=O) groups excluding carboxylic acids is 1. The highest BCUT2D eigenvalue weighted by Gasteiger charge is 2.13. The Labute approximate surface area is 79.2 Å². The third kappa shape index (κ3) is 3.32. The molecule has 0 unspecified atom stereocenters. The van der Waals surface area contributed by atoms with Gasteiger partial charge in [-0.3, -0.25) is 4.79 Å². The second-order valence-corrected chi connectivity index (χ2v) is 2.36. The molecule has 0 saturated heterocycles. The minimum absolute atomic E-state index is 0.0931. The molecule has 0 bridgehead atoms. The zero-order valence-corrected chi connectivity index (χ0v) is 8.42. The molecular weight excluding hydrogens is 166 g/mol. The maximum atomic E-state index is 11.0. The summed E-state index contributed by atoms with van der Waals surface area (Å²) in [4.78, 5) is 11.0. The zero-order valence-electron chi connectivity index (χ0n) is 8.42. The average Bonchev–Trinajstić information content (AvgIpc) is 2.20. The number of aliphatic hydroxyl groups is 1. The SMILES string of the molecule is CC.CNC(=O)C1=CCCC=C1O. The van der Waals surface area contributed by atoms with Gasteiger partial charge in [-0.1, -0.05) is 19.9 Å². The molecule has 0 atom stereocenters. The van der Waals surface area contributed by atoms with E-state index in [4.69, 9.17) is 0 Å². The number of likely N-dealkylation sites (N-methyl/N-ethyl adjacent to an activating group) is 1. The van der Waals surface area contributed by atoms with Crippen LogP contribution in [0, 0.1) is 0 Å². The first kappa shape index (κ1) is 11.8. The van der Waals surface area contributed by atoms with E-state index in [1.807, 2.05) is 13.8 Å². The van der Waals surface area contributed by atoms with E-state index in [9.17, 15) is 9.90 Å². The Kier molecular flexibility index (Phi) is 5.68. The molecule has 1 aliphatic rings. The molecule has 0 radical (unpaired) electrons. The van der Waals surface area contributed by atoms with Crippen molar-refractivity contribution >= 4 is 5.91 Å². The van der Waals surface area contributed by atoms with Gasteiger partial charge in [0.25, 0.3) is 5.91 Å². The Morgan fingerprint density at radius 3 is 2.38 bits per heavy atom. The lowest BCUT2D eigenvalue weighted by Crippen LogP contribution is -2.21. The summed E-state index contributed by atoms with van der Waals surface area (Å²) in [5.74, 6) is -0.131. The van der Waals surface area contributed by atoms with Crippen LogP contribution in [0.2, 0.25) is 0 Å². The molecular formula is C10H17NO2. The minimum atomic E-state index is -0.224. The summed E-state index contributed by atoms with van der Waals surface area (Å²) >= 11 is 0. The van der Waals surface area contributed by atoms with E-state index in [1.54, 1.807) is 19.2 Å². The third-order valence-electron chi connectivity index (χ3n) is 1.60. The highest BCUT2D eigenvalue weighted by atomic mass is 16.3. The summed E-state index contributed by atoms with van der Waals surface area (Å²) < 4.78 is 0. The molecule has 3 nitrogen and oxygen atoms in total. The topological polar surface area (TPSA) is 49.3 Å². The largest absolute Gasteiger partial charge is 0.507 e. The molecule has 2 N–H and O–H groups in total. The van der Waals surface area contributed by atoms with Gasteiger partial charge in [-0.25, -0.2) is 0 Å². The number of hydrogen-bond acceptors (Lipinski definition) is 2. The minimum Gasteiger partial charge on any atom is -0.507 e. The smallest absolute Gasteiger partial charge is 0.254 e. The maximum Gasteiger partial charge on any atom is 0.254 e. The predicted molar refractivity (Wildman–Crippen MR) is 53.4 cm³/mol. The van der Waals surface area contributed by atoms with E-state index in [-0.39, 0.29) is 11.7 Å². The molecule has 0 aromatic rings. The van der Waals surface area contributed by atoms with Crippen LogP contribution in [0.4, 0.5) is 0 Å². The Balaban J connectivity index is 0.000000671. The Hall–Kier alpha value is -1.25. The van der Waals surface area contributed by atoms with Crippen LogP contribution in [0.25, 0.3) is 0 Å². The van der Waals surface area contributed by atoms with Crippen molar-refractivity contribution in [2.45, 2.75) is 26.7 Å². The fourth-order valence-electron chi connectivity index (χ4n) is 1.01. The van der Waals surface area contributed by atoms with Gasteiger partial charge in [0, 0.05) is 7.05 Å². The van der Waals surface area contributed by atoms with Crippen molar-refractivity contribution in [2.75, 3.05) is 7.05 Å². The van der Waals surface area contributed by atoms with E-state index in [0.29, 0.717) is 5.57 Å². The summed E-state index contributed by atoms with van der Waals surface area (Å²) in [5, 5.41) is 11.7. The third-order valence-corrected chi connectivity index (χ3v) is 1.60. The Morgan fingerprint density at radius 1 is 1.38 bits per heavy atom. The first-order valence-corrected chi connectivity index (χ1v) is 4.57. The van der Waals surface area contributed by atoms with Crippen LogP contribution in [0.15, 0.2) is 23.5 Å². The normalized spacial score (nSPS) is 14.7. The fourth-order valence-corrected chi connectivity index (χ4v) is 1.01. The number of carbonyl (C=O) groups is 1. The van der Waals surface area contributed by atoms with Crippen molar-refractivity contribution in [3.63, 3.8) is 0 Å². The van der Waals surface area contributed by atoms with E-state index in [2.05, 4.69) is 5.32 Å². The molecule has 0 aromatic heterocycles. The van der Waals surface area contributed by atoms with Gasteiger partial charge in [-0.15, -0.1) is 0 Å². The van der Waals surface area contributed by atoms with Crippen LogP contribution in [-0.2, 0) is 4.79 Å². The first-order chi connectivity index (χ1) is 6.25. The lowest BCUT2D eigenvalue weighted by atomic mass is 10.0. The van der Waals surface area contributed by atoms with Gasteiger partial charge in [-0.2, -0.15) is 0 Å². The average molecular weight is 183 g/mol. The molecule has 1 amide bonds. The van der Waals surface area contributed by atoms with Gasteiger partial charge < -0.3 is 10.4 Å². The second-order valence-electron chi connectivity index (χ2n) is 2.36. The molecule has 0 saturated carbocycles. The summed E-state index contributed by atoms with van der Waals surface area (Å²) in [6.07, 6.45) is 5.04. The molecule has 0 heterocycles. The van der Waals surface area contributed by atoms with Crippen LogP contribution < -0.4 is 5.32 Å². The van der Waals surface area contributed by atoms with Gasteiger partial charge >= 0.3 is 0 Å². The van der Waals surface area contributed by atoms with E-state index < -0.39 is 0 Å². The van der Waals surface area contributed by atoms with Crippen LogP contribution in [0.3, 0.4) is 0 Å². The molecule has 0 fully saturated rings. The van der Waals surface area contributed by atoms with Gasteiger partial charge in [0.1, 0.15) is 5.76 Å². The highest BCUT2D eigenvalue weighted by Crippen LogP contribution is 2.15. The van der Waals surface area contributed by atoms with E-state index in [0.717, 1.165) is 12.8 Å². The molecule has 74 valence electrons. The number of amides is 1. The maximum absolute atomic E-state index is 11.0. The Morgan fingerprint density at radius 2 is 1.92 bits per heavy atom. The summed E-state index contributed by atoms with van der Waals surface area (Å²) in [6, 6.07) is 0. The summed E-state index contributed by atoms with van der Waals surface area (Å²) in [6.45, 7) is 4.00. The predicted octanol–water partition coefficient (Wildman–Crippen LogP) is 1.92. The number of allylic oxidation sites excluding steroid dienone is 2. The van der Waals surface area contributed by atoms with Crippen molar-refractivity contribution in [3.05, 3.63) is 23.5 Å². The lowest BCUT2D eigenvalue weighted by molar-refractivity contribution is -0.117. The van der Waals surface area contributed by atoms with Crippen molar-refractivity contribution in [1.82, 2.24) is 5.32 Å². The summed E-state index contributed by atoms with van der Waals surface area (Å²) in [7, 11) is 1.55. The molecule has 0 aromatic carbocycles. The van der Waals surface area contributed by atoms with Crippen LogP contribution in [-0.4, -0.2) is 18.1 Å². The number of aliphatic hydroxyl groups excluding tert-OH is 1. The van der Waals surface area contributed by atoms with Crippen molar-refractivity contribution in [3.8, 4) is 0 Å². The molecule has 0 spiro atoms.